The van der Waals surface area contributed by atoms with E-state index in [1.54, 1.807) is 6.08 Å². The second-order valence-corrected chi connectivity index (χ2v) is 9.58. The van der Waals surface area contributed by atoms with Crippen molar-refractivity contribution in [2.45, 2.75) is 47.1 Å². The third-order valence-electron chi connectivity index (χ3n) is 6.44. The minimum absolute atomic E-state index is 0.0695. The highest BCUT2D eigenvalue weighted by Gasteiger charge is 2.35. The van der Waals surface area contributed by atoms with Gasteiger partial charge in [0.15, 0.2) is 5.11 Å². The fourth-order valence-electron chi connectivity index (χ4n) is 4.82. The van der Waals surface area contributed by atoms with Crippen molar-refractivity contribution in [1.82, 2.24) is 5.32 Å². The summed E-state index contributed by atoms with van der Waals surface area (Å²) in [6.45, 7) is 13.5. The van der Waals surface area contributed by atoms with Crippen LogP contribution in [0, 0.1) is 13.8 Å². The highest BCUT2D eigenvalue weighted by atomic mass is 32.1. The lowest BCUT2D eigenvalue weighted by Gasteiger charge is -2.43. The highest BCUT2D eigenvalue weighted by molar-refractivity contribution is 7.80. The van der Waals surface area contributed by atoms with E-state index < -0.39 is 11.8 Å². The van der Waals surface area contributed by atoms with Crippen LogP contribution < -0.4 is 15.1 Å². The van der Waals surface area contributed by atoms with Crippen molar-refractivity contribution in [2.75, 3.05) is 16.3 Å². The first-order chi connectivity index (χ1) is 15.5. The number of nitrogens with one attached hydrogen (secondary N) is 1. The topological polar surface area (TPSA) is 52.7 Å². The number of amides is 2. The van der Waals surface area contributed by atoms with Crippen molar-refractivity contribution < 1.29 is 9.59 Å². The van der Waals surface area contributed by atoms with Crippen molar-refractivity contribution in [3.8, 4) is 0 Å². The van der Waals surface area contributed by atoms with E-state index in [-0.39, 0.29) is 16.2 Å². The third kappa shape index (κ3) is 3.89. The maximum atomic E-state index is 13.4. The average Bonchev–Trinajstić information content (AvgIpc) is 2.72. The first-order valence-corrected chi connectivity index (χ1v) is 11.5. The van der Waals surface area contributed by atoms with E-state index in [2.05, 4.69) is 56.1 Å². The summed E-state index contributed by atoms with van der Waals surface area (Å²) in [5.74, 6) is -0.894. The summed E-state index contributed by atoms with van der Waals surface area (Å²) in [6, 6.07) is 11.7. The van der Waals surface area contributed by atoms with Crippen LogP contribution in [0.25, 0.3) is 11.6 Å². The summed E-state index contributed by atoms with van der Waals surface area (Å²) < 4.78 is 0. The zero-order valence-electron chi connectivity index (χ0n) is 19.9. The van der Waals surface area contributed by atoms with Crippen LogP contribution in [-0.4, -0.2) is 29.0 Å². The molecule has 0 unspecified atom stereocenters. The Labute approximate surface area is 200 Å². The molecule has 0 aromatic heterocycles. The largest absolute Gasteiger partial charge is 0.363 e. The lowest BCUT2D eigenvalue weighted by Crippen LogP contribution is -2.54. The van der Waals surface area contributed by atoms with E-state index in [0.29, 0.717) is 5.69 Å². The summed E-state index contributed by atoms with van der Waals surface area (Å²) >= 11 is 5.34. The van der Waals surface area contributed by atoms with Gasteiger partial charge in [-0.3, -0.25) is 19.8 Å². The SMILES string of the molecule is CCN1c2cc(C)c(/C=C3\C(=O)NC(=S)N(c4ccccc4C)C3=O)cc2C(C)=CC1(C)C. The van der Waals surface area contributed by atoms with E-state index in [0.717, 1.165) is 28.8 Å². The molecular formula is C27H29N3O2S. The van der Waals surface area contributed by atoms with Crippen LogP contribution >= 0.6 is 12.2 Å². The number of likely N-dealkylation sites (N-methyl/N-ethyl adjacent to an activating group) is 1. The second kappa shape index (κ2) is 8.27. The number of rotatable bonds is 3. The first kappa shape index (κ1) is 22.9. The summed E-state index contributed by atoms with van der Waals surface area (Å²) in [6.07, 6.45) is 3.95. The molecule has 170 valence electrons. The molecule has 2 aliphatic rings. The Balaban J connectivity index is 1.81. The normalized spacial score (nSPS) is 18.9. The summed E-state index contributed by atoms with van der Waals surface area (Å²) in [7, 11) is 0. The number of para-hydroxylation sites is 1. The molecule has 0 atom stereocenters. The van der Waals surface area contributed by atoms with Crippen LogP contribution in [0.15, 0.2) is 48.0 Å². The molecule has 2 aliphatic heterocycles. The molecule has 2 aromatic rings. The van der Waals surface area contributed by atoms with Gasteiger partial charge in [0.05, 0.1) is 11.2 Å². The number of fused-ring (bicyclic) bond motifs is 1. The molecule has 1 fully saturated rings. The van der Waals surface area contributed by atoms with Crippen molar-refractivity contribution >= 4 is 52.2 Å². The minimum atomic E-state index is -0.476. The molecule has 2 aromatic carbocycles. The van der Waals surface area contributed by atoms with Crippen LogP contribution in [0.1, 0.15) is 49.9 Å². The van der Waals surface area contributed by atoms with Gasteiger partial charge < -0.3 is 4.90 Å². The Morgan fingerprint density at radius 3 is 2.39 bits per heavy atom. The molecule has 4 rings (SSSR count). The third-order valence-corrected chi connectivity index (χ3v) is 6.72. The second-order valence-electron chi connectivity index (χ2n) is 9.20. The zero-order chi connectivity index (χ0) is 24.1. The van der Waals surface area contributed by atoms with Crippen molar-refractivity contribution in [3.63, 3.8) is 0 Å². The van der Waals surface area contributed by atoms with E-state index in [9.17, 15) is 9.59 Å². The van der Waals surface area contributed by atoms with Crippen molar-refractivity contribution in [2.24, 2.45) is 0 Å². The number of anilines is 2. The number of thiocarbonyl (C=S) groups is 1. The lowest BCUT2D eigenvalue weighted by atomic mass is 9.86. The average molecular weight is 460 g/mol. The number of nitrogens with zero attached hydrogens (tertiary/aromatic N) is 2. The van der Waals surface area contributed by atoms with Crippen LogP contribution in [0.2, 0.25) is 0 Å². The predicted octanol–water partition coefficient (Wildman–Crippen LogP) is 5.16. The Morgan fingerprint density at radius 2 is 1.73 bits per heavy atom. The van der Waals surface area contributed by atoms with E-state index in [1.165, 1.54) is 16.2 Å². The molecule has 0 spiro atoms. The first-order valence-electron chi connectivity index (χ1n) is 11.1. The van der Waals surface area contributed by atoms with Gasteiger partial charge in [-0.25, -0.2) is 0 Å². The quantitative estimate of drug-likeness (QED) is 0.392. The molecule has 1 saturated heterocycles. The zero-order valence-corrected chi connectivity index (χ0v) is 20.8. The van der Waals surface area contributed by atoms with E-state index >= 15 is 0 Å². The number of aryl methyl sites for hydroxylation is 2. The predicted molar refractivity (Wildman–Crippen MR) is 139 cm³/mol. The molecule has 6 heteroatoms. The Morgan fingerprint density at radius 1 is 1.03 bits per heavy atom. The summed E-state index contributed by atoms with van der Waals surface area (Å²) in [5.41, 5.74) is 6.86. The number of hydrogen-bond donors (Lipinski definition) is 1. The van der Waals surface area contributed by atoms with E-state index in [1.807, 2.05) is 38.1 Å². The Bertz CT molecular complexity index is 1260. The van der Waals surface area contributed by atoms with Crippen molar-refractivity contribution in [1.29, 1.82) is 0 Å². The molecule has 0 aliphatic carbocycles. The van der Waals surface area contributed by atoms with Gasteiger partial charge in [-0.15, -0.1) is 0 Å². The molecule has 0 bridgehead atoms. The number of benzene rings is 2. The van der Waals surface area contributed by atoms with Gasteiger partial charge in [0.2, 0.25) is 0 Å². The van der Waals surface area contributed by atoms with Crippen LogP contribution in [0.5, 0.6) is 0 Å². The van der Waals surface area contributed by atoms with E-state index in [4.69, 9.17) is 12.2 Å². The monoisotopic (exact) mass is 459 g/mol. The number of allylic oxidation sites excluding steroid dienone is 1. The smallest absolute Gasteiger partial charge is 0.270 e. The van der Waals surface area contributed by atoms with Gasteiger partial charge >= 0.3 is 0 Å². The standard InChI is InChI=1S/C27H29N3O2S/c1-7-29-23-12-17(3)19(13-20(23)18(4)15-27(29,5)6)14-21-24(31)28-26(33)30(25(21)32)22-11-9-8-10-16(22)2/h8-15H,7H2,1-6H3,(H,28,31,33)/b21-14+. The molecule has 1 N–H and O–H groups in total. The van der Waals surface area contributed by atoms with Gasteiger partial charge in [0.1, 0.15) is 5.57 Å². The van der Waals surface area contributed by atoms with Gasteiger partial charge in [0, 0.05) is 17.8 Å². The lowest BCUT2D eigenvalue weighted by molar-refractivity contribution is -0.122. The van der Waals surface area contributed by atoms with Gasteiger partial charge in [0.25, 0.3) is 11.8 Å². The Kier molecular flexibility index (Phi) is 5.74. The molecule has 0 radical (unpaired) electrons. The minimum Gasteiger partial charge on any atom is -0.363 e. The van der Waals surface area contributed by atoms with Crippen LogP contribution in [0.4, 0.5) is 11.4 Å². The van der Waals surface area contributed by atoms with Crippen LogP contribution in [-0.2, 0) is 9.59 Å². The van der Waals surface area contributed by atoms with Crippen molar-refractivity contribution in [3.05, 3.63) is 70.3 Å². The van der Waals surface area contributed by atoms with Gasteiger partial charge in [-0.2, -0.15) is 0 Å². The Hall–Kier alpha value is -3.25. The van der Waals surface area contributed by atoms with Gasteiger partial charge in [-0.1, -0.05) is 24.3 Å². The number of carbonyl (C=O) groups is 2. The molecule has 2 heterocycles. The number of hydrogen-bond acceptors (Lipinski definition) is 4. The van der Waals surface area contributed by atoms with Crippen LogP contribution in [0.3, 0.4) is 0 Å². The molecule has 0 saturated carbocycles. The molecule has 2 amide bonds. The fourth-order valence-corrected chi connectivity index (χ4v) is 5.10. The fraction of sp³-hybridized carbons (Fsp3) is 0.296. The summed E-state index contributed by atoms with van der Waals surface area (Å²) in [4.78, 5) is 30.0. The summed E-state index contributed by atoms with van der Waals surface area (Å²) in [5, 5.41) is 2.78. The molecular weight excluding hydrogens is 430 g/mol. The highest BCUT2D eigenvalue weighted by Crippen LogP contribution is 2.40. The molecule has 5 nitrogen and oxygen atoms in total. The maximum Gasteiger partial charge on any atom is 0.270 e. The van der Waals surface area contributed by atoms with Gasteiger partial charge in [-0.05, 0) is 100 Å². The molecule has 33 heavy (non-hydrogen) atoms. The maximum absolute atomic E-state index is 13.4. The number of carbonyl (C=O) groups excluding carboxylic acids is 2.